The number of rotatable bonds is 2. The fraction of sp³-hybridized carbons (Fsp3) is 0.458. The maximum atomic E-state index is 13.1. The van der Waals surface area contributed by atoms with Gasteiger partial charge in [-0.05, 0) is 55.4 Å². The summed E-state index contributed by atoms with van der Waals surface area (Å²) < 4.78 is 11.1. The van der Waals surface area contributed by atoms with Crippen LogP contribution < -0.4 is 14.8 Å². The molecule has 4 rings (SSSR count). The van der Waals surface area contributed by atoms with E-state index in [9.17, 15) is 9.59 Å². The SMILES string of the molecule is COc1ncccc1C(=O)N1CC[C@H]2NC(=O)COc3ccccc3CCCC[C@@H]2C1. The molecule has 0 radical (unpaired) electrons. The number of likely N-dealkylation sites (tertiary alicyclic amines) is 1. The van der Waals surface area contributed by atoms with Crippen LogP contribution in [0.2, 0.25) is 0 Å². The molecule has 2 aliphatic rings. The Bertz CT molecular complexity index is 933. The first-order chi connectivity index (χ1) is 15.2. The highest BCUT2D eigenvalue weighted by atomic mass is 16.5. The molecule has 2 atom stereocenters. The van der Waals surface area contributed by atoms with Gasteiger partial charge in [-0.25, -0.2) is 4.98 Å². The van der Waals surface area contributed by atoms with Crippen molar-refractivity contribution in [2.45, 2.75) is 38.1 Å². The largest absolute Gasteiger partial charge is 0.483 e. The molecule has 1 N–H and O–H groups in total. The quantitative estimate of drug-likeness (QED) is 0.803. The van der Waals surface area contributed by atoms with Crippen molar-refractivity contribution in [2.24, 2.45) is 5.92 Å². The minimum absolute atomic E-state index is 0.00968. The van der Waals surface area contributed by atoms with Crippen LogP contribution in [-0.2, 0) is 11.2 Å². The Kier molecular flexibility index (Phi) is 6.70. The van der Waals surface area contributed by atoms with Gasteiger partial charge in [-0.15, -0.1) is 0 Å². The Morgan fingerprint density at radius 2 is 2.06 bits per heavy atom. The van der Waals surface area contributed by atoms with Gasteiger partial charge in [0.2, 0.25) is 5.88 Å². The molecular formula is C24H29N3O4. The third-order valence-corrected chi connectivity index (χ3v) is 6.16. The van der Waals surface area contributed by atoms with Crippen molar-refractivity contribution < 1.29 is 19.1 Å². The lowest BCUT2D eigenvalue weighted by Gasteiger charge is -2.39. The lowest BCUT2D eigenvalue weighted by Crippen LogP contribution is -2.53. The zero-order valence-corrected chi connectivity index (χ0v) is 17.9. The molecule has 0 bridgehead atoms. The van der Waals surface area contributed by atoms with E-state index in [-0.39, 0.29) is 30.4 Å². The smallest absolute Gasteiger partial charge is 0.259 e. The van der Waals surface area contributed by atoms with Gasteiger partial charge >= 0.3 is 0 Å². The summed E-state index contributed by atoms with van der Waals surface area (Å²) in [5, 5.41) is 3.15. The van der Waals surface area contributed by atoms with Crippen LogP contribution in [0.4, 0.5) is 0 Å². The van der Waals surface area contributed by atoms with E-state index < -0.39 is 0 Å². The van der Waals surface area contributed by atoms with E-state index in [1.54, 1.807) is 18.3 Å². The van der Waals surface area contributed by atoms with E-state index >= 15 is 0 Å². The first kappa shape index (κ1) is 21.2. The molecule has 2 aromatic rings. The molecule has 3 heterocycles. The summed E-state index contributed by atoms with van der Waals surface area (Å²) >= 11 is 0. The van der Waals surface area contributed by atoms with Gasteiger partial charge in [0, 0.05) is 25.3 Å². The monoisotopic (exact) mass is 423 g/mol. The number of amides is 2. The topological polar surface area (TPSA) is 80.8 Å². The Labute approximate surface area is 182 Å². The van der Waals surface area contributed by atoms with Crippen molar-refractivity contribution in [3.63, 3.8) is 0 Å². The molecule has 1 aromatic carbocycles. The van der Waals surface area contributed by atoms with Crippen LogP contribution in [0.25, 0.3) is 0 Å². The molecule has 7 nitrogen and oxygen atoms in total. The number of carbonyl (C=O) groups is 2. The summed E-state index contributed by atoms with van der Waals surface area (Å²) in [4.78, 5) is 31.7. The summed E-state index contributed by atoms with van der Waals surface area (Å²) in [6.07, 6.45) is 6.30. The predicted molar refractivity (Wildman–Crippen MR) is 116 cm³/mol. The van der Waals surface area contributed by atoms with Gasteiger partial charge in [0.15, 0.2) is 6.61 Å². The second-order valence-electron chi connectivity index (χ2n) is 8.18. The van der Waals surface area contributed by atoms with Crippen molar-refractivity contribution in [1.82, 2.24) is 15.2 Å². The van der Waals surface area contributed by atoms with Gasteiger partial charge in [-0.2, -0.15) is 0 Å². The number of nitrogens with one attached hydrogen (secondary N) is 1. The van der Waals surface area contributed by atoms with Gasteiger partial charge < -0.3 is 19.7 Å². The maximum absolute atomic E-state index is 13.1. The van der Waals surface area contributed by atoms with Crippen LogP contribution in [0.3, 0.4) is 0 Å². The Morgan fingerprint density at radius 3 is 2.94 bits per heavy atom. The van der Waals surface area contributed by atoms with Crippen molar-refractivity contribution in [2.75, 3.05) is 26.8 Å². The van der Waals surface area contributed by atoms with E-state index in [1.165, 1.54) is 7.11 Å². The summed E-state index contributed by atoms with van der Waals surface area (Å²) in [5.41, 5.74) is 1.61. The van der Waals surface area contributed by atoms with E-state index in [0.29, 0.717) is 24.5 Å². The number of piperidine rings is 1. The number of aryl methyl sites for hydroxylation is 1. The van der Waals surface area contributed by atoms with Crippen molar-refractivity contribution in [1.29, 1.82) is 0 Å². The average Bonchev–Trinajstić information content (AvgIpc) is 2.80. The number of aromatic nitrogens is 1. The number of carbonyl (C=O) groups excluding carboxylic acids is 2. The molecule has 2 amide bonds. The second kappa shape index (κ2) is 9.81. The number of hydrogen-bond donors (Lipinski definition) is 1. The average molecular weight is 424 g/mol. The van der Waals surface area contributed by atoms with E-state index in [0.717, 1.165) is 43.4 Å². The number of para-hydroxylation sites is 1. The summed E-state index contributed by atoms with van der Waals surface area (Å²) in [6, 6.07) is 11.5. The highest BCUT2D eigenvalue weighted by Gasteiger charge is 2.33. The van der Waals surface area contributed by atoms with E-state index in [2.05, 4.69) is 16.4 Å². The molecule has 1 fully saturated rings. The van der Waals surface area contributed by atoms with Crippen LogP contribution >= 0.6 is 0 Å². The number of pyridine rings is 1. The Hall–Kier alpha value is -3.09. The first-order valence-corrected chi connectivity index (χ1v) is 10.9. The van der Waals surface area contributed by atoms with E-state index in [1.807, 2.05) is 23.1 Å². The number of methoxy groups -OCH3 is 1. The highest BCUT2D eigenvalue weighted by molar-refractivity contribution is 5.96. The Balaban J connectivity index is 1.47. The van der Waals surface area contributed by atoms with Crippen LogP contribution in [0.5, 0.6) is 11.6 Å². The molecule has 164 valence electrons. The molecule has 0 saturated carbocycles. The van der Waals surface area contributed by atoms with Gasteiger partial charge in [0.25, 0.3) is 11.8 Å². The van der Waals surface area contributed by atoms with Crippen LogP contribution in [0.15, 0.2) is 42.6 Å². The third kappa shape index (κ3) is 4.98. The fourth-order valence-electron chi connectivity index (χ4n) is 4.55. The van der Waals surface area contributed by atoms with Crippen molar-refractivity contribution >= 4 is 11.8 Å². The second-order valence-corrected chi connectivity index (χ2v) is 8.18. The molecule has 0 spiro atoms. The van der Waals surface area contributed by atoms with E-state index in [4.69, 9.17) is 9.47 Å². The van der Waals surface area contributed by atoms with Crippen molar-refractivity contribution in [3.8, 4) is 11.6 Å². The highest BCUT2D eigenvalue weighted by Crippen LogP contribution is 2.27. The van der Waals surface area contributed by atoms with Crippen molar-refractivity contribution in [3.05, 3.63) is 53.7 Å². The fourth-order valence-corrected chi connectivity index (χ4v) is 4.55. The lowest BCUT2D eigenvalue weighted by molar-refractivity contribution is -0.124. The number of hydrogen-bond acceptors (Lipinski definition) is 5. The summed E-state index contributed by atoms with van der Waals surface area (Å²) in [7, 11) is 1.52. The molecule has 0 unspecified atom stereocenters. The van der Waals surface area contributed by atoms with Gasteiger partial charge in [0.1, 0.15) is 11.3 Å². The zero-order chi connectivity index (χ0) is 21.6. The minimum Gasteiger partial charge on any atom is -0.483 e. The predicted octanol–water partition coefficient (Wildman–Crippen LogP) is 2.84. The minimum atomic E-state index is -0.112. The summed E-state index contributed by atoms with van der Waals surface area (Å²) in [5.74, 6) is 1.16. The van der Waals surface area contributed by atoms with Gasteiger partial charge in [-0.1, -0.05) is 24.6 Å². The number of ether oxygens (including phenoxy) is 2. The lowest BCUT2D eigenvalue weighted by atomic mass is 9.86. The van der Waals surface area contributed by atoms with Gasteiger partial charge in [-0.3, -0.25) is 9.59 Å². The normalized spacial score (nSPS) is 22.0. The first-order valence-electron chi connectivity index (χ1n) is 10.9. The maximum Gasteiger partial charge on any atom is 0.259 e. The molecule has 0 aliphatic carbocycles. The van der Waals surface area contributed by atoms with Crippen LogP contribution in [0.1, 0.15) is 41.6 Å². The molecular weight excluding hydrogens is 394 g/mol. The number of fused-ring (bicyclic) bond motifs is 2. The Morgan fingerprint density at radius 1 is 1.19 bits per heavy atom. The summed E-state index contributed by atoms with van der Waals surface area (Å²) in [6.45, 7) is 1.21. The number of benzene rings is 1. The molecule has 1 aromatic heterocycles. The third-order valence-electron chi connectivity index (χ3n) is 6.16. The molecule has 31 heavy (non-hydrogen) atoms. The zero-order valence-electron chi connectivity index (χ0n) is 17.9. The standard InChI is InChI=1S/C24H29N3O4/c1-30-23-19(10-6-13-25-23)24(29)27-14-12-20-18(15-27)9-3-2-7-17-8-4-5-11-21(17)31-16-22(28)26-20/h4-6,8,10-11,13,18,20H,2-3,7,9,12,14-16H2,1H3,(H,26,28)/t18-,20-/m1/s1. The van der Waals surface area contributed by atoms with Gasteiger partial charge in [0.05, 0.1) is 7.11 Å². The van der Waals surface area contributed by atoms with Crippen LogP contribution in [0, 0.1) is 5.92 Å². The van der Waals surface area contributed by atoms with Crippen LogP contribution in [-0.4, -0.2) is 54.5 Å². The molecule has 1 saturated heterocycles. The molecule has 2 aliphatic heterocycles. The number of nitrogens with zero attached hydrogens (tertiary/aromatic N) is 2. The molecule has 7 heteroatoms.